The smallest absolute Gasteiger partial charge is 0.286 e. The van der Waals surface area contributed by atoms with Crippen molar-refractivity contribution in [1.29, 1.82) is 0 Å². The maximum atomic E-state index is 14.2. The van der Waals surface area contributed by atoms with E-state index in [0.29, 0.717) is 48.3 Å². The lowest BCUT2D eigenvalue weighted by molar-refractivity contribution is -0.118. The van der Waals surface area contributed by atoms with E-state index in [2.05, 4.69) is 48.2 Å². The van der Waals surface area contributed by atoms with Crippen molar-refractivity contribution in [2.24, 2.45) is 16.2 Å². The number of ether oxygens (including phenoxy) is 2. The topological polar surface area (TPSA) is 123 Å². The first-order chi connectivity index (χ1) is 23.7. The summed E-state index contributed by atoms with van der Waals surface area (Å²) in [6.07, 6.45) is 14.7. The van der Waals surface area contributed by atoms with Crippen LogP contribution in [0.5, 0.6) is 5.75 Å². The zero-order valence-corrected chi connectivity index (χ0v) is 29.3. The van der Waals surface area contributed by atoms with Crippen molar-refractivity contribution in [2.75, 3.05) is 37.5 Å². The molecule has 49 heavy (non-hydrogen) atoms. The van der Waals surface area contributed by atoms with E-state index in [1.54, 1.807) is 13.2 Å². The second kappa shape index (κ2) is 14.2. The van der Waals surface area contributed by atoms with Crippen LogP contribution >= 0.6 is 11.6 Å². The molecule has 1 fully saturated rings. The summed E-state index contributed by atoms with van der Waals surface area (Å²) in [6.45, 7) is 2.00. The number of benzene rings is 2. The molecule has 2 bridgehead atoms. The molecule has 2 amide bonds. The number of allylic oxidation sites excluding steroid dienone is 1. The number of fused-ring (bicyclic) bond motifs is 4. The molecule has 2 aromatic carbocycles. The van der Waals surface area contributed by atoms with Crippen LogP contribution in [-0.2, 0) is 37.7 Å². The standard InChI is InChI=1S/C37H42ClN5O5S/c1-47-33-7-3-2-4-17-49(46,41-35(44)20-29-21-39-15-16-40-29)42-36(45)26-9-13-34-32(19-26)43(22-27-8-11-30(27)33)23-37(24-48-34)14-5-6-25-18-28(38)10-12-31(25)37/h3,7,9-10,12-13,15-16,18-19,21,27,30,33H,2,4-6,8,11,14,17,20,22-24H2,1H3,(H,41,42,44,45,46)/b7-3-/t27-,30+,33-,37-,49?/m0/s1. The van der Waals surface area contributed by atoms with Crippen LogP contribution in [0.2, 0.25) is 5.02 Å². The SMILES string of the molecule is CO[C@H]1/C=C\CCCS(=O)(NC(=O)Cc2cnccn2)=NC(=O)c2ccc3c(c2)N(C[C@@H]2CC[C@H]21)C[C@@]1(CCCc2cc(Cl)ccc21)CO3. The van der Waals surface area contributed by atoms with E-state index < -0.39 is 21.7 Å². The zero-order chi connectivity index (χ0) is 34.0. The van der Waals surface area contributed by atoms with E-state index in [-0.39, 0.29) is 23.7 Å². The molecule has 10 nitrogen and oxygen atoms in total. The molecule has 0 radical (unpaired) electrons. The number of hydrogen-bond donors (Lipinski definition) is 1. The number of nitrogens with zero attached hydrogens (tertiary/aromatic N) is 4. The van der Waals surface area contributed by atoms with Crippen molar-refractivity contribution < 1.29 is 23.3 Å². The second-order valence-electron chi connectivity index (χ2n) is 13.7. The first-order valence-electron chi connectivity index (χ1n) is 17.1. The van der Waals surface area contributed by atoms with Crippen LogP contribution in [0.15, 0.2) is 71.5 Å². The molecule has 2 aliphatic carbocycles. The highest BCUT2D eigenvalue weighted by atomic mass is 35.5. The molecule has 4 aliphatic rings. The Bertz CT molecular complexity index is 1880. The minimum atomic E-state index is -3.46. The summed E-state index contributed by atoms with van der Waals surface area (Å²) in [4.78, 5) is 37.4. The third-order valence-corrected chi connectivity index (χ3v) is 12.6. The van der Waals surface area contributed by atoms with Crippen LogP contribution in [0.4, 0.5) is 5.69 Å². The summed E-state index contributed by atoms with van der Waals surface area (Å²) in [7, 11) is -1.70. The van der Waals surface area contributed by atoms with Gasteiger partial charge in [-0.2, -0.15) is 0 Å². The fourth-order valence-corrected chi connectivity index (χ4v) is 9.71. The number of anilines is 1. The average molecular weight is 704 g/mol. The number of rotatable bonds is 4. The highest BCUT2D eigenvalue weighted by molar-refractivity contribution is 7.92. The quantitative estimate of drug-likeness (QED) is 0.335. The van der Waals surface area contributed by atoms with Crippen LogP contribution in [0, 0.1) is 11.8 Å². The maximum absolute atomic E-state index is 14.2. The molecule has 12 heteroatoms. The highest BCUT2D eigenvalue weighted by Gasteiger charge is 2.44. The monoisotopic (exact) mass is 703 g/mol. The summed E-state index contributed by atoms with van der Waals surface area (Å²) in [6, 6.07) is 11.5. The fourth-order valence-electron chi connectivity index (χ4n) is 7.91. The number of methoxy groups -OCH3 is 1. The molecule has 1 unspecified atom stereocenters. The number of carbonyl (C=O) groups is 2. The van der Waals surface area contributed by atoms with Crippen LogP contribution in [0.1, 0.15) is 65.7 Å². The van der Waals surface area contributed by atoms with Gasteiger partial charge in [-0.05, 0) is 98.2 Å². The largest absolute Gasteiger partial charge is 0.490 e. The maximum Gasteiger partial charge on any atom is 0.286 e. The molecule has 3 heterocycles. The Morgan fingerprint density at radius 2 is 2.08 bits per heavy atom. The highest BCUT2D eigenvalue weighted by Crippen LogP contribution is 2.47. The zero-order valence-electron chi connectivity index (χ0n) is 27.7. The van der Waals surface area contributed by atoms with E-state index in [0.717, 1.165) is 55.9 Å². The molecule has 1 N–H and O–H groups in total. The molecule has 7 rings (SSSR count). The van der Waals surface area contributed by atoms with Gasteiger partial charge in [0, 0.05) is 54.8 Å². The van der Waals surface area contributed by atoms with Crippen molar-refractivity contribution in [3.63, 3.8) is 0 Å². The fraction of sp³-hybridized carbons (Fsp3) is 0.459. The predicted molar refractivity (Wildman–Crippen MR) is 189 cm³/mol. The van der Waals surface area contributed by atoms with Gasteiger partial charge in [0.15, 0.2) is 0 Å². The van der Waals surface area contributed by atoms with E-state index in [1.807, 2.05) is 18.2 Å². The van der Waals surface area contributed by atoms with Crippen LogP contribution in [0.3, 0.4) is 0 Å². The second-order valence-corrected chi connectivity index (χ2v) is 16.2. The lowest BCUT2D eigenvalue weighted by Crippen LogP contribution is -2.49. The Kier molecular flexibility index (Phi) is 9.77. The van der Waals surface area contributed by atoms with Gasteiger partial charge in [0.2, 0.25) is 5.91 Å². The van der Waals surface area contributed by atoms with E-state index in [4.69, 9.17) is 21.1 Å². The van der Waals surface area contributed by atoms with Gasteiger partial charge in [-0.25, -0.2) is 4.21 Å². The van der Waals surface area contributed by atoms with Gasteiger partial charge in [0.25, 0.3) is 5.91 Å². The number of amides is 2. The third kappa shape index (κ3) is 7.25. The Balaban J connectivity index is 1.27. The molecule has 2 aliphatic heterocycles. The molecule has 5 atom stereocenters. The molecule has 258 valence electrons. The lowest BCUT2D eigenvalue weighted by Gasteiger charge is -2.46. The molecule has 0 saturated heterocycles. The number of carbonyl (C=O) groups excluding carboxylic acids is 2. The normalized spacial score (nSPS) is 28.9. The first-order valence-corrected chi connectivity index (χ1v) is 19.2. The van der Waals surface area contributed by atoms with E-state index in [1.165, 1.54) is 29.7 Å². The molecule has 1 aromatic heterocycles. The molecular formula is C37H42ClN5O5S. The average Bonchev–Trinajstić information content (AvgIpc) is 3.22. The molecule has 1 spiro atoms. The summed E-state index contributed by atoms with van der Waals surface area (Å²) < 4.78 is 33.6. The molecule has 1 saturated carbocycles. The van der Waals surface area contributed by atoms with Crippen LogP contribution < -0.4 is 14.4 Å². The van der Waals surface area contributed by atoms with E-state index >= 15 is 0 Å². The number of halogens is 1. The van der Waals surface area contributed by atoms with Gasteiger partial charge in [-0.1, -0.05) is 29.8 Å². The molecule has 3 aromatic rings. The van der Waals surface area contributed by atoms with Crippen molar-refractivity contribution in [3.8, 4) is 5.75 Å². The van der Waals surface area contributed by atoms with Crippen LogP contribution in [-0.4, -0.2) is 64.7 Å². The Hall–Kier alpha value is -3.80. The Labute approximate surface area is 293 Å². The van der Waals surface area contributed by atoms with Gasteiger partial charge in [0.05, 0.1) is 36.3 Å². The first kappa shape index (κ1) is 33.7. The number of aryl methyl sites for hydroxylation is 1. The van der Waals surface area contributed by atoms with Gasteiger partial charge in [-0.3, -0.25) is 24.3 Å². The summed E-state index contributed by atoms with van der Waals surface area (Å²) in [5.41, 5.74) is 3.82. The molecular weight excluding hydrogens is 662 g/mol. The van der Waals surface area contributed by atoms with Gasteiger partial charge in [-0.15, -0.1) is 4.36 Å². The Morgan fingerprint density at radius 3 is 2.88 bits per heavy atom. The van der Waals surface area contributed by atoms with Crippen molar-refractivity contribution in [2.45, 2.75) is 62.9 Å². The summed E-state index contributed by atoms with van der Waals surface area (Å²) in [5.74, 6) is 0.278. The van der Waals surface area contributed by atoms with Crippen LogP contribution in [0.25, 0.3) is 0 Å². The van der Waals surface area contributed by atoms with Crippen molar-refractivity contribution in [3.05, 3.63) is 94.5 Å². The lowest BCUT2D eigenvalue weighted by atomic mass is 9.68. The number of nitrogens with one attached hydrogen (secondary N) is 1. The van der Waals surface area contributed by atoms with Crippen molar-refractivity contribution >= 4 is 39.0 Å². The van der Waals surface area contributed by atoms with E-state index in [9.17, 15) is 13.8 Å². The Morgan fingerprint density at radius 1 is 1.18 bits per heavy atom. The predicted octanol–water partition coefficient (Wildman–Crippen LogP) is 5.88. The minimum Gasteiger partial charge on any atom is -0.490 e. The summed E-state index contributed by atoms with van der Waals surface area (Å²) in [5, 5.41) is 0.739. The third-order valence-electron chi connectivity index (χ3n) is 10.5. The van der Waals surface area contributed by atoms with Gasteiger partial charge >= 0.3 is 0 Å². The number of hydrogen-bond acceptors (Lipinski definition) is 8. The number of aromatic nitrogens is 2. The van der Waals surface area contributed by atoms with Crippen molar-refractivity contribution in [1.82, 2.24) is 14.7 Å². The summed E-state index contributed by atoms with van der Waals surface area (Å²) >= 11 is 6.44. The minimum absolute atomic E-state index is 0.0190. The van der Waals surface area contributed by atoms with Gasteiger partial charge < -0.3 is 14.4 Å². The van der Waals surface area contributed by atoms with Gasteiger partial charge in [0.1, 0.15) is 15.7 Å².